The molecule has 5 aromatic rings. The van der Waals surface area contributed by atoms with Crippen molar-refractivity contribution in [3.63, 3.8) is 0 Å². The van der Waals surface area contributed by atoms with Crippen LogP contribution in [0.4, 0.5) is 0 Å². The zero-order valence-electron chi connectivity index (χ0n) is 47.8. The van der Waals surface area contributed by atoms with Crippen LogP contribution in [0.5, 0.6) is 0 Å². The number of benzene rings is 5. The fraction of sp³-hybridized carbons (Fsp3) is 0.286. The van der Waals surface area contributed by atoms with Crippen molar-refractivity contribution in [1.29, 1.82) is 0 Å². The molecule has 5 rings (SSSR count). The second-order valence-electron chi connectivity index (χ2n) is 13.2. The van der Waals surface area contributed by atoms with Gasteiger partial charge in [0.2, 0.25) is 0 Å². The molecule has 0 spiro atoms. The molecule has 0 aromatic heterocycles. The summed E-state index contributed by atoms with van der Waals surface area (Å²) in [4.78, 5) is 0. The molecule has 0 aliphatic rings. The van der Waals surface area contributed by atoms with E-state index in [4.69, 9.17) is 26.0 Å². The molecule has 0 saturated carbocycles. The Labute approximate surface area is 299 Å². The molecule has 0 saturated heterocycles. The highest BCUT2D eigenvalue weighted by Crippen LogP contribution is 2.25. The van der Waals surface area contributed by atoms with Gasteiger partial charge in [0.1, 0.15) is 0 Å². The van der Waals surface area contributed by atoms with Crippen molar-refractivity contribution < 1.29 is 28.8 Å². The predicted octanol–water partition coefficient (Wildman–Crippen LogP) is 8.20. The van der Waals surface area contributed by atoms with Gasteiger partial charge in [-0.25, -0.2) is 0 Å². The number of rotatable bonds is 5. The molecule has 0 aliphatic heterocycles. The zero-order chi connectivity index (χ0) is 50.3. The van der Waals surface area contributed by atoms with Crippen molar-refractivity contribution in [2.75, 3.05) is 0 Å². The van der Waals surface area contributed by atoms with Gasteiger partial charge in [0.25, 0.3) is 0 Å². The van der Waals surface area contributed by atoms with Crippen LogP contribution in [-0.4, -0.2) is 16.1 Å². The van der Waals surface area contributed by atoms with Crippen molar-refractivity contribution in [1.82, 2.24) is 0 Å². The summed E-state index contributed by atoms with van der Waals surface area (Å²) >= 11 is 0. The normalized spacial score (nSPS) is 19.3. The maximum Gasteiger partial charge on any atom is 0.179 e. The summed E-state index contributed by atoms with van der Waals surface area (Å²) in [6.45, 7) is 14.6. The summed E-state index contributed by atoms with van der Waals surface area (Å²) < 4.78 is 182. The van der Waals surface area contributed by atoms with Crippen molar-refractivity contribution in [3.05, 3.63) is 150 Å². The Balaban J connectivity index is 0.000000456. The SMILES string of the molecule is [2H]C([2H])([2H])[Si](C)(C)c1ccccc1C(C)(C)C.[2H]c1c([2H])c([2H])c([Si](c2c([2H])c([2H])c([2H])c([2H])c2[2H])(c2c([2H])c([2H])c([2H])c([2H])c2[2H])c2c([2H])c([2H])c(C)c([2H])c2C(C)(C)C)c([2H])c1[2H]. The summed E-state index contributed by atoms with van der Waals surface area (Å²) in [6.07, 6.45) is 0. The largest absolute Gasteiger partial charge is 0.179 e. The molecular formula is C42H52Si2. The molecule has 0 fully saturated rings. The highest BCUT2D eigenvalue weighted by Gasteiger charge is 2.43. The molecule has 0 radical (unpaired) electrons. The fourth-order valence-electron chi connectivity index (χ4n) is 5.09. The monoisotopic (exact) mass is 633 g/mol. The average Bonchev–Trinajstić information content (AvgIpc) is 3.21. The molecule has 0 atom stereocenters. The van der Waals surface area contributed by atoms with E-state index in [0.717, 1.165) is 5.19 Å². The second-order valence-corrected chi connectivity index (χ2v) is 20.5. The minimum Gasteiger partial charge on any atom is -0.0656 e. The first-order valence-electron chi connectivity index (χ1n) is 24.8. The van der Waals surface area contributed by atoms with E-state index in [2.05, 4.69) is 26.8 Å². The second kappa shape index (κ2) is 13.3. The van der Waals surface area contributed by atoms with Gasteiger partial charge in [-0.15, -0.1) is 0 Å². The lowest BCUT2D eigenvalue weighted by atomic mass is 9.86. The Morgan fingerprint density at radius 1 is 0.545 bits per heavy atom. The van der Waals surface area contributed by atoms with Gasteiger partial charge >= 0.3 is 0 Å². The van der Waals surface area contributed by atoms with E-state index in [1.807, 2.05) is 31.3 Å². The van der Waals surface area contributed by atoms with E-state index < -0.39 is 152 Å². The molecular weight excluding hydrogens is 561 g/mol. The molecule has 0 unspecified atom stereocenters. The quantitative estimate of drug-likeness (QED) is 0.135. The van der Waals surface area contributed by atoms with Crippen molar-refractivity contribution in [3.8, 4) is 0 Å². The summed E-state index contributed by atoms with van der Waals surface area (Å²) in [7, 11) is -8.07. The summed E-state index contributed by atoms with van der Waals surface area (Å²) in [5.41, 5.74) is -0.121. The molecule has 0 bridgehead atoms. The van der Waals surface area contributed by atoms with Crippen molar-refractivity contribution >= 4 is 42.1 Å². The molecule has 0 N–H and O–H groups in total. The third-order valence-corrected chi connectivity index (χ3v) is 13.0. The third-order valence-electron chi connectivity index (χ3n) is 7.10. The van der Waals surface area contributed by atoms with Crippen LogP contribution in [0.25, 0.3) is 0 Å². The molecule has 228 valence electrons. The van der Waals surface area contributed by atoms with Crippen molar-refractivity contribution in [2.45, 2.75) is 78.9 Å². The Kier molecular flexibility index (Phi) is 4.58. The van der Waals surface area contributed by atoms with E-state index in [9.17, 15) is 2.74 Å². The molecule has 0 amide bonds. The van der Waals surface area contributed by atoms with Crippen LogP contribution < -0.4 is 25.9 Å². The van der Waals surface area contributed by atoms with E-state index in [0.29, 0.717) is 0 Å². The lowest BCUT2D eigenvalue weighted by Crippen LogP contribution is -2.75. The van der Waals surface area contributed by atoms with Crippen LogP contribution in [0.15, 0.2) is 133 Å². The van der Waals surface area contributed by atoms with Gasteiger partial charge in [-0.1, -0.05) is 205 Å². The Hall–Kier alpha value is -3.47. The van der Waals surface area contributed by atoms with Crippen LogP contribution in [0.1, 0.15) is 87.0 Å². The molecule has 0 aliphatic carbocycles. The van der Waals surface area contributed by atoms with Gasteiger partial charge in [0, 0.05) is 4.11 Å². The lowest BCUT2D eigenvalue weighted by Gasteiger charge is -2.38. The van der Waals surface area contributed by atoms with Gasteiger partial charge in [0.05, 0.1) is 32.7 Å². The Bertz CT molecular complexity index is 2490. The van der Waals surface area contributed by atoms with E-state index in [1.165, 1.54) is 12.5 Å². The van der Waals surface area contributed by atoms with Crippen LogP contribution in [0.2, 0.25) is 19.6 Å². The molecule has 0 heterocycles. The first kappa shape index (κ1) is 15.2. The number of hydrogen-bond donors (Lipinski definition) is 0. The average molecular weight is 634 g/mol. The van der Waals surface area contributed by atoms with Gasteiger partial charge in [-0.05, 0) is 49.6 Å². The molecule has 2 heteroatoms. The van der Waals surface area contributed by atoms with E-state index >= 15 is 0 Å². The Morgan fingerprint density at radius 3 is 1.39 bits per heavy atom. The fourth-order valence-corrected chi connectivity index (χ4v) is 10.8. The Morgan fingerprint density at radius 2 is 0.977 bits per heavy atom. The summed E-state index contributed by atoms with van der Waals surface area (Å²) in [5.74, 6) is 0. The van der Waals surface area contributed by atoms with E-state index in [-0.39, 0.29) is 22.6 Å². The smallest absolute Gasteiger partial charge is 0.0656 e. The minimum absolute atomic E-state index is 0.000224. The first-order chi connectivity index (χ1) is 29.4. The maximum atomic E-state index is 9.43. The van der Waals surface area contributed by atoms with Gasteiger partial charge in [0.15, 0.2) is 8.07 Å². The highest BCUT2D eigenvalue weighted by atomic mass is 28.3. The predicted molar refractivity (Wildman–Crippen MR) is 202 cm³/mol. The van der Waals surface area contributed by atoms with Gasteiger partial charge < -0.3 is 0 Å². The third kappa shape index (κ3) is 7.25. The molecule has 5 aromatic carbocycles. The summed E-state index contributed by atoms with van der Waals surface area (Å²) in [6, 6.07) is -7.65. The van der Waals surface area contributed by atoms with Crippen LogP contribution in [-0.2, 0) is 10.8 Å². The van der Waals surface area contributed by atoms with Crippen LogP contribution in [0, 0.1) is 6.92 Å². The first-order valence-corrected chi connectivity index (χ1v) is 19.3. The standard InChI is InChI=1S/C29H30Si.C13H22Si/c1-23-20-21-28(27(22-23)29(2,3)4)30(24-14-8-5-9-15-24,25-16-10-6-11-17-25)26-18-12-7-13-19-26;1-13(2,3)11-9-7-8-10-12(11)14(4,5)6/h5-22H,1-4H3;7-10H,1-6H3/i5D,6D,7D,8D,9D,10D,11D,12D,13D,14D,15D,16D,17D,18D,19D,20D,21D,22D;4D3. The van der Waals surface area contributed by atoms with Gasteiger partial charge in [-0.2, -0.15) is 0 Å². The van der Waals surface area contributed by atoms with Gasteiger partial charge in [-0.3, -0.25) is 0 Å². The maximum absolute atomic E-state index is 9.43. The summed E-state index contributed by atoms with van der Waals surface area (Å²) in [5, 5.41) is -1.68. The number of hydrogen-bond acceptors (Lipinski definition) is 0. The van der Waals surface area contributed by atoms with Crippen LogP contribution in [0.3, 0.4) is 0 Å². The minimum atomic E-state index is -5.63. The van der Waals surface area contributed by atoms with Crippen molar-refractivity contribution in [2.24, 2.45) is 0 Å². The lowest BCUT2D eigenvalue weighted by molar-refractivity contribution is 0.593. The van der Waals surface area contributed by atoms with Crippen LogP contribution >= 0.6 is 0 Å². The zero-order valence-corrected chi connectivity index (χ0v) is 28.8. The molecule has 44 heavy (non-hydrogen) atoms. The highest BCUT2D eigenvalue weighted by molar-refractivity contribution is 7.20. The topological polar surface area (TPSA) is 0 Å². The molecule has 0 nitrogen and oxygen atoms in total. The van der Waals surface area contributed by atoms with E-state index in [1.54, 1.807) is 20.8 Å².